The topological polar surface area (TPSA) is 59.2 Å². The van der Waals surface area contributed by atoms with Crippen LogP contribution in [0.2, 0.25) is 0 Å². The highest BCUT2D eigenvalue weighted by Crippen LogP contribution is 2.23. The van der Waals surface area contributed by atoms with Gasteiger partial charge in [-0.15, -0.1) is 11.8 Å². The van der Waals surface area contributed by atoms with Crippen LogP contribution in [0.4, 0.5) is 0 Å². The van der Waals surface area contributed by atoms with Gasteiger partial charge in [0.2, 0.25) is 0 Å². The number of thioether (sulfide) groups is 1. The van der Waals surface area contributed by atoms with Gasteiger partial charge in [0, 0.05) is 4.90 Å². The van der Waals surface area contributed by atoms with Crippen LogP contribution in [-0.4, -0.2) is 15.2 Å². The Balaban J connectivity index is 1.66. The van der Waals surface area contributed by atoms with Crippen molar-refractivity contribution >= 4 is 11.8 Å². The maximum atomic E-state index is 10.2. The van der Waals surface area contributed by atoms with E-state index in [-0.39, 0.29) is 5.89 Å². The Morgan fingerprint density at radius 3 is 2.38 bits per heavy atom. The smallest absolute Gasteiger partial charge is 0.260 e. The van der Waals surface area contributed by atoms with E-state index in [2.05, 4.69) is 10.1 Å². The molecule has 0 aliphatic carbocycles. The quantitative estimate of drug-likeness (QED) is 0.731. The first-order valence-electron chi connectivity index (χ1n) is 6.56. The summed E-state index contributed by atoms with van der Waals surface area (Å²) in [6, 6.07) is 19.3. The number of aliphatic hydroxyl groups is 1. The minimum absolute atomic E-state index is 0.227. The summed E-state index contributed by atoms with van der Waals surface area (Å²) in [5.74, 6) is 1.41. The highest BCUT2D eigenvalue weighted by atomic mass is 32.2. The van der Waals surface area contributed by atoms with Crippen LogP contribution < -0.4 is 0 Å². The van der Waals surface area contributed by atoms with Crippen molar-refractivity contribution in [1.29, 1.82) is 0 Å². The third kappa shape index (κ3) is 3.51. The van der Waals surface area contributed by atoms with Gasteiger partial charge in [-0.3, -0.25) is 0 Å². The lowest BCUT2D eigenvalue weighted by Gasteiger charge is -2.04. The Kier molecular flexibility index (Phi) is 4.33. The Bertz CT molecular complexity index is 686. The first-order chi connectivity index (χ1) is 10.3. The SMILES string of the molecule is OC(c1ccccc1)c1nc(CSc2ccccc2)no1. The lowest BCUT2D eigenvalue weighted by Crippen LogP contribution is -1.99. The Labute approximate surface area is 126 Å². The van der Waals surface area contributed by atoms with E-state index < -0.39 is 6.10 Å². The molecular formula is C16H14N2O2S. The molecule has 0 radical (unpaired) electrons. The second kappa shape index (κ2) is 6.56. The third-order valence-corrected chi connectivity index (χ3v) is 3.95. The molecule has 3 aromatic rings. The summed E-state index contributed by atoms with van der Waals surface area (Å²) in [5, 5.41) is 14.1. The molecule has 2 aromatic carbocycles. The van der Waals surface area contributed by atoms with Crippen molar-refractivity contribution in [2.75, 3.05) is 0 Å². The van der Waals surface area contributed by atoms with E-state index >= 15 is 0 Å². The Morgan fingerprint density at radius 2 is 1.67 bits per heavy atom. The molecule has 0 saturated heterocycles. The van der Waals surface area contributed by atoms with E-state index in [0.717, 1.165) is 10.5 Å². The summed E-state index contributed by atoms with van der Waals surface area (Å²) in [4.78, 5) is 5.40. The number of hydrogen-bond acceptors (Lipinski definition) is 5. The molecule has 1 aromatic heterocycles. The van der Waals surface area contributed by atoms with E-state index in [1.807, 2.05) is 60.7 Å². The number of hydrogen-bond donors (Lipinski definition) is 1. The molecule has 0 spiro atoms. The molecule has 4 nitrogen and oxygen atoms in total. The highest BCUT2D eigenvalue weighted by Gasteiger charge is 2.17. The molecule has 0 fully saturated rings. The van der Waals surface area contributed by atoms with Gasteiger partial charge in [-0.05, 0) is 17.7 Å². The lowest BCUT2D eigenvalue weighted by atomic mass is 10.1. The zero-order valence-electron chi connectivity index (χ0n) is 11.2. The summed E-state index contributed by atoms with van der Waals surface area (Å²) in [5.41, 5.74) is 0.739. The minimum Gasteiger partial charge on any atom is -0.378 e. The fraction of sp³-hybridized carbons (Fsp3) is 0.125. The normalized spacial score (nSPS) is 12.2. The maximum Gasteiger partial charge on any atom is 0.260 e. The number of rotatable bonds is 5. The molecule has 0 aliphatic rings. The second-order valence-electron chi connectivity index (χ2n) is 4.46. The first-order valence-corrected chi connectivity index (χ1v) is 7.55. The fourth-order valence-electron chi connectivity index (χ4n) is 1.88. The van der Waals surface area contributed by atoms with Gasteiger partial charge in [0.15, 0.2) is 11.9 Å². The van der Waals surface area contributed by atoms with Crippen molar-refractivity contribution in [1.82, 2.24) is 10.1 Å². The average Bonchev–Trinajstić information content (AvgIpc) is 3.03. The molecule has 1 unspecified atom stereocenters. The molecule has 0 amide bonds. The monoisotopic (exact) mass is 298 g/mol. The third-order valence-electron chi connectivity index (χ3n) is 2.94. The molecule has 5 heteroatoms. The summed E-state index contributed by atoms with van der Waals surface area (Å²) < 4.78 is 5.14. The van der Waals surface area contributed by atoms with Gasteiger partial charge in [0.25, 0.3) is 5.89 Å². The van der Waals surface area contributed by atoms with E-state index in [4.69, 9.17) is 4.52 Å². The van der Waals surface area contributed by atoms with Crippen molar-refractivity contribution in [2.24, 2.45) is 0 Å². The van der Waals surface area contributed by atoms with Gasteiger partial charge < -0.3 is 9.63 Å². The predicted molar refractivity (Wildman–Crippen MR) is 80.8 cm³/mol. The van der Waals surface area contributed by atoms with Crippen LogP contribution in [0.3, 0.4) is 0 Å². The zero-order valence-corrected chi connectivity index (χ0v) is 12.0. The van der Waals surface area contributed by atoms with Crippen molar-refractivity contribution in [3.8, 4) is 0 Å². The minimum atomic E-state index is -0.880. The number of nitrogens with zero attached hydrogens (tertiary/aromatic N) is 2. The summed E-state index contributed by atoms with van der Waals surface area (Å²) in [6.07, 6.45) is -0.880. The average molecular weight is 298 g/mol. The van der Waals surface area contributed by atoms with Crippen molar-refractivity contribution in [3.05, 3.63) is 77.9 Å². The molecule has 0 aliphatic heterocycles. The molecule has 21 heavy (non-hydrogen) atoms. The molecular weight excluding hydrogens is 284 g/mol. The summed E-state index contributed by atoms with van der Waals surface area (Å²) >= 11 is 1.63. The van der Waals surface area contributed by atoms with Crippen molar-refractivity contribution in [3.63, 3.8) is 0 Å². The van der Waals surface area contributed by atoms with E-state index in [9.17, 15) is 5.11 Å². The summed E-state index contributed by atoms with van der Waals surface area (Å²) in [7, 11) is 0. The molecule has 0 bridgehead atoms. The molecule has 3 rings (SSSR count). The standard InChI is InChI=1S/C16H14N2O2S/c19-15(12-7-3-1-4-8-12)16-17-14(18-20-16)11-21-13-9-5-2-6-10-13/h1-10,15,19H,11H2. The van der Waals surface area contributed by atoms with Gasteiger partial charge in [-0.1, -0.05) is 53.7 Å². The molecule has 1 N–H and O–H groups in total. The van der Waals surface area contributed by atoms with Gasteiger partial charge in [0.1, 0.15) is 0 Å². The van der Waals surface area contributed by atoms with Crippen LogP contribution in [-0.2, 0) is 5.75 Å². The van der Waals surface area contributed by atoms with Gasteiger partial charge in [-0.2, -0.15) is 4.98 Å². The van der Waals surface area contributed by atoms with E-state index in [0.29, 0.717) is 11.6 Å². The Morgan fingerprint density at radius 1 is 1.00 bits per heavy atom. The van der Waals surface area contributed by atoms with Gasteiger partial charge in [0.05, 0.1) is 5.75 Å². The largest absolute Gasteiger partial charge is 0.378 e. The van der Waals surface area contributed by atoms with Crippen LogP contribution in [0.15, 0.2) is 70.1 Å². The fourth-order valence-corrected chi connectivity index (χ4v) is 2.64. The second-order valence-corrected chi connectivity index (χ2v) is 5.51. The summed E-state index contributed by atoms with van der Waals surface area (Å²) in [6.45, 7) is 0. The van der Waals surface area contributed by atoms with Crippen LogP contribution in [0.25, 0.3) is 0 Å². The molecule has 0 saturated carbocycles. The zero-order chi connectivity index (χ0) is 14.5. The van der Waals surface area contributed by atoms with Crippen molar-refractivity contribution < 1.29 is 9.63 Å². The van der Waals surface area contributed by atoms with E-state index in [1.165, 1.54) is 0 Å². The Hall–Kier alpha value is -2.11. The number of aliphatic hydroxyl groups excluding tert-OH is 1. The molecule has 1 atom stereocenters. The molecule has 106 valence electrons. The first kappa shape index (κ1) is 13.9. The van der Waals surface area contributed by atoms with Crippen LogP contribution in [0, 0.1) is 0 Å². The van der Waals surface area contributed by atoms with Crippen LogP contribution in [0.5, 0.6) is 0 Å². The van der Waals surface area contributed by atoms with Gasteiger partial charge >= 0.3 is 0 Å². The van der Waals surface area contributed by atoms with Gasteiger partial charge in [-0.25, -0.2) is 0 Å². The van der Waals surface area contributed by atoms with Crippen LogP contribution in [0.1, 0.15) is 23.4 Å². The molecule has 1 heterocycles. The van der Waals surface area contributed by atoms with E-state index in [1.54, 1.807) is 11.8 Å². The lowest BCUT2D eigenvalue weighted by molar-refractivity contribution is 0.170. The van der Waals surface area contributed by atoms with Crippen LogP contribution >= 0.6 is 11.8 Å². The predicted octanol–water partition coefficient (Wildman–Crippen LogP) is 3.44. The highest BCUT2D eigenvalue weighted by molar-refractivity contribution is 7.98. The maximum absolute atomic E-state index is 10.2. The number of aromatic nitrogens is 2. The van der Waals surface area contributed by atoms with Crippen molar-refractivity contribution in [2.45, 2.75) is 16.8 Å². The number of benzene rings is 2.